The molecule has 3 aromatic rings. The first-order valence-corrected chi connectivity index (χ1v) is 10.2. The molecular formula is C23H23N3O4. The maximum absolute atomic E-state index is 12.6. The van der Waals surface area contributed by atoms with E-state index < -0.39 is 0 Å². The number of carbonyl (C=O) groups is 1. The summed E-state index contributed by atoms with van der Waals surface area (Å²) in [5.41, 5.74) is 3.19. The molecular weight excluding hydrogens is 382 g/mol. The zero-order valence-corrected chi connectivity index (χ0v) is 17.0. The molecule has 1 fully saturated rings. The molecule has 2 aliphatic heterocycles. The van der Waals surface area contributed by atoms with E-state index in [9.17, 15) is 4.79 Å². The SMILES string of the molecule is CC(C)c1ccc(CN2CC(c3noc(-c4ccc5c(c4)OCO5)n3)CC2=O)cc1. The summed E-state index contributed by atoms with van der Waals surface area (Å²) in [6.07, 6.45) is 0.393. The highest BCUT2D eigenvalue weighted by molar-refractivity contribution is 5.79. The van der Waals surface area contributed by atoms with Crippen molar-refractivity contribution in [3.05, 3.63) is 59.4 Å². The van der Waals surface area contributed by atoms with Gasteiger partial charge in [-0.15, -0.1) is 0 Å². The van der Waals surface area contributed by atoms with Crippen molar-refractivity contribution in [2.24, 2.45) is 0 Å². The molecule has 0 saturated carbocycles. The van der Waals surface area contributed by atoms with E-state index in [4.69, 9.17) is 14.0 Å². The van der Waals surface area contributed by atoms with Crippen molar-refractivity contribution in [1.29, 1.82) is 0 Å². The van der Waals surface area contributed by atoms with Gasteiger partial charge in [0.05, 0.1) is 0 Å². The van der Waals surface area contributed by atoms with Crippen molar-refractivity contribution in [2.45, 2.75) is 38.6 Å². The van der Waals surface area contributed by atoms with Gasteiger partial charge in [-0.1, -0.05) is 43.3 Å². The van der Waals surface area contributed by atoms with Gasteiger partial charge in [0.15, 0.2) is 17.3 Å². The van der Waals surface area contributed by atoms with E-state index >= 15 is 0 Å². The van der Waals surface area contributed by atoms with E-state index in [1.807, 2.05) is 23.1 Å². The van der Waals surface area contributed by atoms with Gasteiger partial charge in [0.25, 0.3) is 5.89 Å². The first kappa shape index (κ1) is 18.7. The van der Waals surface area contributed by atoms with Crippen LogP contribution in [0.3, 0.4) is 0 Å². The van der Waals surface area contributed by atoms with Crippen LogP contribution in [0.15, 0.2) is 47.0 Å². The van der Waals surface area contributed by atoms with E-state index in [1.165, 1.54) is 5.56 Å². The standard InChI is InChI=1S/C23H23N3O4/c1-14(2)16-5-3-15(4-6-16)11-26-12-18(10-21(26)27)22-24-23(30-25-22)17-7-8-19-20(9-17)29-13-28-19/h3-9,14,18H,10-13H2,1-2H3. The quantitative estimate of drug-likeness (QED) is 0.636. The predicted molar refractivity (Wildman–Crippen MR) is 109 cm³/mol. The number of amides is 1. The highest BCUT2D eigenvalue weighted by Crippen LogP contribution is 2.36. The maximum Gasteiger partial charge on any atom is 0.258 e. The Balaban J connectivity index is 1.28. The highest BCUT2D eigenvalue weighted by Gasteiger charge is 2.34. The smallest absolute Gasteiger partial charge is 0.258 e. The van der Waals surface area contributed by atoms with Crippen molar-refractivity contribution >= 4 is 5.91 Å². The van der Waals surface area contributed by atoms with Crippen LogP contribution in [0.25, 0.3) is 11.5 Å². The van der Waals surface area contributed by atoms with Crippen LogP contribution >= 0.6 is 0 Å². The van der Waals surface area contributed by atoms with Gasteiger partial charge in [-0.25, -0.2) is 0 Å². The fourth-order valence-corrected chi connectivity index (χ4v) is 3.87. The Morgan fingerprint density at radius 2 is 1.90 bits per heavy atom. The summed E-state index contributed by atoms with van der Waals surface area (Å²) in [5.74, 6) is 2.89. The highest BCUT2D eigenvalue weighted by atomic mass is 16.7. The van der Waals surface area contributed by atoms with Gasteiger partial charge < -0.3 is 18.9 Å². The number of carbonyl (C=O) groups excluding carboxylic acids is 1. The molecule has 7 heteroatoms. The van der Waals surface area contributed by atoms with Gasteiger partial charge in [0.1, 0.15) is 0 Å². The van der Waals surface area contributed by atoms with Crippen molar-refractivity contribution < 1.29 is 18.8 Å². The molecule has 2 aliphatic rings. The second-order valence-electron chi connectivity index (χ2n) is 8.10. The summed E-state index contributed by atoms with van der Waals surface area (Å²) in [6, 6.07) is 14.0. The molecule has 5 rings (SSSR count). The van der Waals surface area contributed by atoms with Crippen LogP contribution in [-0.4, -0.2) is 34.3 Å². The summed E-state index contributed by atoms with van der Waals surface area (Å²) >= 11 is 0. The maximum atomic E-state index is 12.6. The summed E-state index contributed by atoms with van der Waals surface area (Å²) < 4.78 is 16.2. The van der Waals surface area contributed by atoms with Gasteiger partial charge in [-0.3, -0.25) is 4.79 Å². The number of hydrogen-bond donors (Lipinski definition) is 0. The third-order valence-electron chi connectivity index (χ3n) is 5.66. The number of hydrogen-bond acceptors (Lipinski definition) is 6. The summed E-state index contributed by atoms with van der Waals surface area (Å²) in [7, 11) is 0. The normalized spacial score (nSPS) is 17.9. The lowest BCUT2D eigenvalue weighted by atomic mass is 10.0. The van der Waals surface area contributed by atoms with Crippen LogP contribution in [0.4, 0.5) is 0 Å². The Hall–Kier alpha value is -3.35. The Morgan fingerprint density at radius 1 is 1.10 bits per heavy atom. The fourth-order valence-electron chi connectivity index (χ4n) is 3.87. The third kappa shape index (κ3) is 3.51. The number of aromatic nitrogens is 2. The van der Waals surface area contributed by atoms with Crippen LogP contribution in [0.2, 0.25) is 0 Å². The van der Waals surface area contributed by atoms with Crippen molar-refractivity contribution in [3.63, 3.8) is 0 Å². The minimum atomic E-state index is -0.0704. The molecule has 0 radical (unpaired) electrons. The molecule has 30 heavy (non-hydrogen) atoms. The zero-order valence-electron chi connectivity index (χ0n) is 17.0. The summed E-state index contributed by atoms with van der Waals surface area (Å²) in [4.78, 5) is 19.0. The Bertz CT molecular complexity index is 1070. The van der Waals surface area contributed by atoms with E-state index in [1.54, 1.807) is 0 Å². The van der Waals surface area contributed by atoms with Crippen LogP contribution in [-0.2, 0) is 11.3 Å². The minimum absolute atomic E-state index is 0.0704. The fraction of sp³-hybridized carbons (Fsp3) is 0.348. The van der Waals surface area contributed by atoms with Crippen LogP contribution in [0.5, 0.6) is 11.5 Å². The molecule has 7 nitrogen and oxygen atoms in total. The number of fused-ring (bicyclic) bond motifs is 1. The first-order chi connectivity index (χ1) is 14.6. The Labute approximate surface area is 174 Å². The van der Waals surface area contributed by atoms with Crippen LogP contribution in [0, 0.1) is 0 Å². The van der Waals surface area contributed by atoms with Crippen LogP contribution in [0.1, 0.15) is 49.1 Å². The topological polar surface area (TPSA) is 77.7 Å². The third-order valence-corrected chi connectivity index (χ3v) is 5.66. The second-order valence-corrected chi connectivity index (χ2v) is 8.10. The molecule has 1 amide bonds. The predicted octanol–water partition coefficient (Wildman–Crippen LogP) is 4.10. The number of nitrogens with zero attached hydrogens (tertiary/aromatic N) is 3. The Kier molecular flexibility index (Phi) is 4.65. The van der Waals surface area contributed by atoms with E-state index in [-0.39, 0.29) is 18.6 Å². The minimum Gasteiger partial charge on any atom is -0.454 e. The van der Waals surface area contributed by atoms with E-state index in [2.05, 4.69) is 48.3 Å². The first-order valence-electron chi connectivity index (χ1n) is 10.2. The molecule has 2 aromatic carbocycles. The number of likely N-dealkylation sites (tertiary alicyclic amines) is 1. The van der Waals surface area contributed by atoms with E-state index in [0.29, 0.717) is 48.6 Å². The average Bonchev–Trinajstić information content (AvgIpc) is 3.48. The molecule has 1 aromatic heterocycles. The molecule has 0 bridgehead atoms. The lowest BCUT2D eigenvalue weighted by molar-refractivity contribution is -0.128. The number of ether oxygens (including phenoxy) is 2. The molecule has 1 unspecified atom stereocenters. The van der Waals surface area contributed by atoms with Gasteiger partial charge in [-0.05, 0) is 35.2 Å². The van der Waals surface area contributed by atoms with Gasteiger partial charge in [-0.2, -0.15) is 4.98 Å². The molecule has 1 saturated heterocycles. The molecule has 0 aliphatic carbocycles. The molecule has 1 atom stereocenters. The molecule has 0 spiro atoms. The number of rotatable bonds is 5. The average molecular weight is 405 g/mol. The largest absolute Gasteiger partial charge is 0.454 e. The lowest BCUT2D eigenvalue weighted by Gasteiger charge is -2.16. The Morgan fingerprint density at radius 3 is 2.70 bits per heavy atom. The lowest BCUT2D eigenvalue weighted by Crippen LogP contribution is -2.24. The monoisotopic (exact) mass is 405 g/mol. The molecule has 0 N–H and O–H groups in total. The van der Waals surface area contributed by atoms with Crippen molar-refractivity contribution in [2.75, 3.05) is 13.3 Å². The van der Waals surface area contributed by atoms with Crippen molar-refractivity contribution in [3.8, 4) is 23.0 Å². The number of benzene rings is 2. The van der Waals surface area contributed by atoms with Crippen LogP contribution < -0.4 is 9.47 Å². The molecule has 3 heterocycles. The van der Waals surface area contributed by atoms with Gasteiger partial charge in [0, 0.05) is 31.0 Å². The van der Waals surface area contributed by atoms with Crippen molar-refractivity contribution in [1.82, 2.24) is 15.0 Å². The van der Waals surface area contributed by atoms with Gasteiger partial charge in [0.2, 0.25) is 12.7 Å². The van der Waals surface area contributed by atoms with E-state index in [0.717, 1.165) is 11.1 Å². The van der Waals surface area contributed by atoms with Gasteiger partial charge >= 0.3 is 0 Å². The zero-order chi connectivity index (χ0) is 20.7. The second kappa shape index (κ2) is 7.48. The summed E-state index contributed by atoms with van der Waals surface area (Å²) in [5, 5.41) is 4.14. The molecule has 154 valence electrons. The summed E-state index contributed by atoms with van der Waals surface area (Å²) in [6.45, 7) is 5.75.